The lowest BCUT2D eigenvalue weighted by Gasteiger charge is -2.18. The molecular weight excluding hydrogens is 973 g/mol. The van der Waals surface area contributed by atoms with E-state index in [1.807, 2.05) is 0 Å². The summed E-state index contributed by atoms with van der Waals surface area (Å²) in [5.74, 6) is -0.919. The van der Waals surface area contributed by atoms with Gasteiger partial charge in [0.1, 0.15) is 13.2 Å². The Hall–Kier alpha value is -4.45. The Morgan fingerprint density at radius 2 is 0.519 bits per heavy atom. The van der Waals surface area contributed by atoms with E-state index in [1.54, 1.807) is 0 Å². The van der Waals surface area contributed by atoms with Crippen molar-refractivity contribution in [2.24, 2.45) is 0 Å². The van der Waals surface area contributed by atoms with Crippen LogP contribution in [0.5, 0.6) is 0 Å². The van der Waals surface area contributed by atoms with Crippen LogP contribution in [0.3, 0.4) is 0 Å². The van der Waals surface area contributed by atoms with Crippen LogP contribution >= 0.6 is 0 Å². The van der Waals surface area contributed by atoms with E-state index >= 15 is 0 Å². The van der Waals surface area contributed by atoms with Crippen LogP contribution in [-0.4, -0.2) is 37.2 Å². The normalized spacial score (nSPS) is 13.0. The number of allylic oxidation sites excluding steroid dienone is 22. The summed E-state index contributed by atoms with van der Waals surface area (Å²) < 4.78 is 16.9. The zero-order valence-electron chi connectivity index (χ0n) is 51.3. The van der Waals surface area contributed by atoms with E-state index in [9.17, 15) is 14.4 Å². The molecule has 1 unspecified atom stereocenters. The Balaban J connectivity index is 4.23. The first-order chi connectivity index (χ1) is 39.0. The summed E-state index contributed by atoms with van der Waals surface area (Å²) in [4.78, 5) is 38.2. The smallest absolute Gasteiger partial charge is 0.306 e. The Morgan fingerprint density at radius 3 is 0.835 bits per heavy atom. The van der Waals surface area contributed by atoms with Crippen LogP contribution in [0.15, 0.2) is 134 Å². The largest absolute Gasteiger partial charge is 0.462 e. The lowest BCUT2D eigenvalue weighted by molar-refractivity contribution is -0.167. The molecule has 0 aromatic rings. The van der Waals surface area contributed by atoms with Gasteiger partial charge in [-0.05, 0) is 135 Å². The van der Waals surface area contributed by atoms with Gasteiger partial charge in [-0.1, -0.05) is 270 Å². The van der Waals surface area contributed by atoms with Crippen LogP contribution < -0.4 is 0 Å². The SMILES string of the molecule is CC/C=C\C/C=C\C/C=C\C/C=C\C/C=C\C/C=C\C/C=C\C/C=C\C/C=C\CCCCCCCCCC(=O)OCC(COC(=O)CCCCCCC/C=C\CCC)OC(=O)CCCCCCC/C=C\CCCCCCCCC. The van der Waals surface area contributed by atoms with E-state index < -0.39 is 6.10 Å². The Labute approximate surface area is 487 Å². The van der Waals surface area contributed by atoms with Crippen molar-refractivity contribution in [2.75, 3.05) is 13.2 Å². The zero-order chi connectivity index (χ0) is 57.1. The van der Waals surface area contributed by atoms with Crippen LogP contribution in [0.2, 0.25) is 0 Å². The average molecular weight is 1090 g/mol. The van der Waals surface area contributed by atoms with Crippen molar-refractivity contribution in [3.8, 4) is 0 Å². The summed E-state index contributed by atoms with van der Waals surface area (Å²) in [7, 11) is 0. The molecule has 0 aliphatic carbocycles. The molecule has 6 heteroatoms. The third kappa shape index (κ3) is 64.3. The summed E-state index contributed by atoms with van der Waals surface area (Å²) in [6.45, 7) is 6.44. The van der Waals surface area contributed by atoms with E-state index in [2.05, 4.69) is 154 Å². The van der Waals surface area contributed by atoms with Gasteiger partial charge in [0.15, 0.2) is 6.10 Å². The number of hydrogen-bond donors (Lipinski definition) is 0. The molecule has 0 rings (SSSR count). The molecule has 0 saturated carbocycles. The summed E-state index contributed by atoms with van der Waals surface area (Å²) in [5.41, 5.74) is 0. The second-order valence-corrected chi connectivity index (χ2v) is 21.3. The molecule has 1 atom stereocenters. The van der Waals surface area contributed by atoms with E-state index in [0.717, 1.165) is 154 Å². The molecule has 448 valence electrons. The maximum absolute atomic E-state index is 12.9. The minimum Gasteiger partial charge on any atom is -0.462 e. The Bertz CT molecular complexity index is 1680. The number of hydrogen-bond acceptors (Lipinski definition) is 6. The van der Waals surface area contributed by atoms with Crippen LogP contribution in [0.1, 0.15) is 290 Å². The van der Waals surface area contributed by atoms with Gasteiger partial charge in [-0.3, -0.25) is 14.4 Å². The summed E-state index contributed by atoms with van der Waals surface area (Å²) in [6, 6.07) is 0. The first kappa shape index (κ1) is 74.5. The van der Waals surface area contributed by atoms with E-state index in [-0.39, 0.29) is 31.1 Å². The minimum absolute atomic E-state index is 0.0909. The molecule has 0 spiro atoms. The van der Waals surface area contributed by atoms with E-state index in [4.69, 9.17) is 14.2 Å². The fraction of sp³-hybridized carbons (Fsp3) is 0.658. The molecule has 0 bridgehead atoms. The fourth-order valence-electron chi connectivity index (χ4n) is 8.73. The van der Waals surface area contributed by atoms with Gasteiger partial charge in [0, 0.05) is 19.3 Å². The van der Waals surface area contributed by atoms with E-state index in [1.165, 1.54) is 96.3 Å². The fourth-order valence-corrected chi connectivity index (χ4v) is 8.73. The molecule has 6 nitrogen and oxygen atoms in total. The number of carbonyl (C=O) groups excluding carboxylic acids is 3. The van der Waals surface area contributed by atoms with Crippen LogP contribution in [0.4, 0.5) is 0 Å². The molecule has 0 saturated heterocycles. The van der Waals surface area contributed by atoms with Crippen molar-refractivity contribution < 1.29 is 28.6 Å². The maximum atomic E-state index is 12.9. The number of carbonyl (C=O) groups is 3. The molecule has 0 aliphatic heterocycles. The molecule has 0 aromatic carbocycles. The summed E-state index contributed by atoms with van der Waals surface area (Å²) >= 11 is 0. The third-order valence-corrected chi connectivity index (χ3v) is 13.6. The first-order valence-corrected chi connectivity index (χ1v) is 32.7. The molecule has 0 N–H and O–H groups in total. The van der Waals surface area contributed by atoms with Gasteiger partial charge >= 0.3 is 17.9 Å². The molecule has 0 amide bonds. The van der Waals surface area contributed by atoms with Gasteiger partial charge in [0.25, 0.3) is 0 Å². The van der Waals surface area contributed by atoms with Crippen LogP contribution in [0.25, 0.3) is 0 Å². The number of unbranched alkanes of at least 4 members (excludes halogenated alkanes) is 25. The molecule has 0 heterocycles. The number of rotatable bonds is 58. The van der Waals surface area contributed by atoms with Gasteiger partial charge in [-0.25, -0.2) is 0 Å². The lowest BCUT2D eigenvalue weighted by atomic mass is 10.1. The average Bonchev–Trinajstić information content (AvgIpc) is 3.45. The van der Waals surface area contributed by atoms with Crippen LogP contribution in [-0.2, 0) is 28.6 Å². The molecular formula is C73H120O6. The Morgan fingerprint density at radius 1 is 0.266 bits per heavy atom. The number of ether oxygens (including phenoxy) is 3. The first-order valence-electron chi connectivity index (χ1n) is 32.7. The molecule has 0 radical (unpaired) electrons. The highest BCUT2D eigenvalue weighted by molar-refractivity contribution is 5.71. The van der Waals surface area contributed by atoms with Gasteiger partial charge in [-0.15, -0.1) is 0 Å². The summed E-state index contributed by atoms with van der Waals surface area (Å²) in [6.07, 6.45) is 93.3. The van der Waals surface area contributed by atoms with Crippen molar-refractivity contribution in [1.29, 1.82) is 0 Å². The Kier molecular flexibility index (Phi) is 62.3. The van der Waals surface area contributed by atoms with Crippen molar-refractivity contribution in [3.05, 3.63) is 134 Å². The van der Waals surface area contributed by atoms with Gasteiger partial charge < -0.3 is 14.2 Å². The highest BCUT2D eigenvalue weighted by Crippen LogP contribution is 2.15. The van der Waals surface area contributed by atoms with Crippen LogP contribution in [0, 0.1) is 0 Å². The highest BCUT2D eigenvalue weighted by atomic mass is 16.6. The summed E-state index contributed by atoms with van der Waals surface area (Å²) in [5, 5.41) is 0. The molecule has 0 aromatic heterocycles. The van der Waals surface area contributed by atoms with Crippen molar-refractivity contribution >= 4 is 17.9 Å². The van der Waals surface area contributed by atoms with Crippen molar-refractivity contribution in [1.82, 2.24) is 0 Å². The van der Waals surface area contributed by atoms with E-state index in [0.29, 0.717) is 19.3 Å². The lowest BCUT2D eigenvalue weighted by Crippen LogP contribution is -2.30. The monoisotopic (exact) mass is 1090 g/mol. The van der Waals surface area contributed by atoms with Crippen molar-refractivity contribution in [2.45, 2.75) is 297 Å². The topological polar surface area (TPSA) is 78.9 Å². The quantitative estimate of drug-likeness (QED) is 0.0261. The zero-order valence-corrected chi connectivity index (χ0v) is 51.3. The number of esters is 3. The van der Waals surface area contributed by atoms with Gasteiger partial charge in [-0.2, -0.15) is 0 Å². The second-order valence-electron chi connectivity index (χ2n) is 21.3. The second kappa shape index (κ2) is 66.1. The maximum Gasteiger partial charge on any atom is 0.306 e. The standard InChI is InChI=1S/C73H120O6/c1-4-7-10-13-16-19-22-24-26-28-29-30-31-32-33-34-35-36-37-38-39-40-41-42-43-44-45-46-48-49-51-54-57-60-63-66-72(75)78-69-70(68-77-71(74)65-62-59-56-53-21-18-15-12-9-6-3)79-73(76)67-64-61-58-55-52-50-47-27-25-23-20-17-14-11-8-5-2/h7,10,12,15-16,19,24,26-27,29-30,32-33,35-36,38-39,41-42,44-45,47,70H,4-6,8-9,11,13-14,17-18,20-23,25,28,31,34,37,40,43,46,48-69H2,1-3H3/b10-7-,15-12-,19-16-,26-24-,30-29-,33-32-,36-35-,39-38-,42-41-,45-44-,47-27-. The predicted octanol–water partition coefficient (Wildman–Crippen LogP) is 22.5. The molecule has 0 aliphatic rings. The minimum atomic E-state index is -0.793. The molecule has 79 heavy (non-hydrogen) atoms. The molecule has 0 fully saturated rings. The van der Waals surface area contributed by atoms with Gasteiger partial charge in [0.05, 0.1) is 0 Å². The van der Waals surface area contributed by atoms with Crippen molar-refractivity contribution in [3.63, 3.8) is 0 Å². The van der Waals surface area contributed by atoms with Gasteiger partial charge in [0.2, 0.25) is 0 Å². The predicted molar refractivity (Wildman–Crippen MR) is 343 cm³/mol. The third-order valence-electron chi connectivity index (χ3n) is 13.6. The highest BCUT2D eigenvalue weighted by Gasteiger charge is 2.19.